The number of aromatic nitrogens is 2. The predicted octanol–water partition coefficient (Wildman–Crippen LogP) is 2.97. The molecule has 1 aromatic rings. The second kappa shape index (κ2) is 4.61. The fourth-order valence-electron chi connectivity index (χ4n) is 3.81. The molecule has 2 fully saturated rings. The van der Waals surface area contributed by atoms with Gasteiger partial charge in [-0.05, 0) is 52.0 Å². The molecule has 1 heterocycles. The van der Waals surface area contributed by atoms with Gasteiger partial charge in [0.1, 0.15) is 5.82 Å². The van der Waals surface area contributed by atoms with E-state index < -0.39 is 0 Å². The average Bonchev–Trinajstić information content (AvgIpc) is 3.00. The minimum Gasteiger partial charge on any atom is -0.313 e. The SMILES string of the molecule is CNC(C)c1cnc(C2CC3CCC2C3)nc1C. The Bertz CT molecular complexity index is 443. The first-order valence-corrected chi connectivity index (χ1v) is 7.19. The van der Waals surface area contributed by atoms with E-state index in [1.54, 1.807) is 0 Å². The summed E-state index contributed by atoms with van der Waals surface area (Å²) in [6.45, 7) is 4.27. The summed E-state index contributed by atoms with van der Waals surface area (Å²) in [5, 5.41) is 3.26. The number of hydrogen-bond donors (Lipinski definition) is 1. The normalized spacial score (nSPS) is 31.8. The number of nitrogens with zero attached hydrogens (tertiary/aromatic N) is 2. The summed E-state index contributed by atoms with van der Waals surface area (Å²) in [6.07, 6.45) is 7.61. The molecule has 3 rings (SSSR count). The van der Waals surface area contributed by atoms with Crippen molar-refractivity contribution < 1.29 is 0 Å². The third-order valence-corrected chi connectivity index (χ3v) is 5.01. The Kier molecular flexibility index (Phi) is 3.10. The highest BCUT2D eigenvalue weighted by Crippen LogP contribution is 2.52. The van der Waals surface area contributed by atoms with Gasteiger partial charge in [0, 0.05) is 29.4 Å². The summed E-state index contributed by atoms with van der Waals surface area (Å²) in [7, 11) is 1.98. The molecule has 18 heavy (non-hydrogen) atoms. The standard InChI is InChI=1S/C15H23N3/c1-9(16-3)14-8-17-15(18-10(14)2)13-7-11-4-5-12(13)6-11/h8-9,11-13,16H,4-7H2,1-3H3. The summed E-state index contributed by atoms with van der Waals surface area (Å²) in [5.74, 6) is 3.56. The third-order valence-electron chi connectivity index (χ3n) is 5.01. The molecule has 0 saturated heterocycles. The van der Waals surface area contributed by atoms with Crippen LogP contribution in [0.1, 0.15) is 61.6 Å². The van der Waals surface area contributed by atoms with E-state index in [2.05, 4.69) is 24.1 Å². The molecule has 0 aliphatic heterocycles. The van der Waals surface area contributed by atoms with E-state index in [1.165, 1.54) is 31.2 Å². The number of rotatable bonds is 3. The molecule has 4 unspecified atom stereocenters. The van der Waals surface area contributed by atoms with Gasteiger partial charge in [0.25, 0.3) is 0 Å². The van der Waals surface area contributed by atoms with Crippen LogP contribution in [0.3, 0.4) is 0 Å². The first-order valence-electron chi connectivity index (χ1n) is 7.19. The lowest BCUT2D eigenvalue weighted by molar-refractivity contribution is 0.404. The minimum absolute atomic E-state index is 0.332. The molecule has 0 aromatic carbocycles. The topological polar surface area (TPSA) is 37.8 Å². The van der Waals surface area contributed by atoms with E-state index in [9.17, 15) is 0 Å². The van der Waals surface area contributed by atoms with Crippen LogP contribution < -0.4 is 5.32 Å². The maximum Gasteiger partial charge on any atom is 0.131 e. The van der Waals surface area contributed by atoms with Gasteiger partial charge in [0.15, 0.2) is 0 Å². The number of aryl methyl sites for hydroxylation is 1. The molecule has 0 spiro atoms. The van der Waals surface area contributed by atoms with Crippen molar-refractivity contribution in [2.24, 2.45) is 11.8 Å². The summed E-state index contributed by atoms with van der Waals surface area (Å²) in [4.78, 5) is 9.45. The van der Waals surface area contributed by atoms with Crippen molar-refractivity contribution in [1.82, 2.24) is 15.3 Å². The molecule has 1 aromatic heterocycles. The van der Waals surface area contributed by atoms with E-state index in [0.717, 1.165) is 23.4 Å². The fraction of sp³-hybridized carbons (Fsp3) is 0.733. The number of fused-ring (bicyclic) bond motifs is 2. The molecule has 3 heteroatoms. The zero-order valence-corrected chi connectivity index (χ0v) is 11.6. The zero-order chi connectivity index (χ0) is 12.7. The summed E-state index contributed by atoms with van der Waals surface area (Å²) >= 11 is 0. The van der Waals surface area contributed by atoms with Crippen molar-refractivity contribution in [1.29, 1.82) is 0 Å². The van der Waals surface area contributed by atoms with Gasteiger partial charge in [-0.1, -0.05) is 6.42 Å². The summed E-state index contributed by atoms with van der Waals surface area (Å²) in [5.41, 5.74) is 2.37. The van der Waals surface area contributed by atoms with Crippen molar-refractivity contribution in [3.8, 4) is 0 Å². The van der Waals surface area contributed by atoms with Gasteiger partial charge < -0.3 is 5.32 Å². The molecule has 0 amide bonds. The number of nitrogens with one attached hydrogen (secondary N) is 1. The van der Waals surface area contributed by atoms with Gasteiger partial charge in [-0.3, -0.25) is 0 Å². The van der Waals surface area contributed by atoms with Crippen molar-refractivity contribution in [3.05, 3.63) is 23.3 Å². The molecular weight excluding hydrogens is 222 g/mol. The largest absolute Gasteiger partial charge is 0.313 e. The van der Waals surface area contributed by atoms with E-state index in [0.29, 0.717) is 12.0 Å². The van der Waals surface area contributed by atoms with Crippen LogP contribution in [-0.2, 0) is 0 Å². The average molecular weight is 245 g/mol. The lowest BCUT2D eigenvalue weighted by Crippen LogP contribution is -2.17. The molecule has 3 nitrogen and oxygen atoms in total. The van der Waals surface area contributed by atoms with Gasteiger partial charge in [-0.15, -0.1) is 0 Å². The molecule has 2 saturated carbocycles. The van der Waals surface area contributed by atoms with Crippen LogP contribution in [0.4, 0.5) is 0 Å². The van der Waals surface area contributed by atoms with Crippen LogP contribution in [0, 0.1) is 18.8 Å². The molecule has 2 aliphatic carbocycles. The van der Waals surface area contributed by atoms with E-state index in [1.807, 2.05) is 13.2 Å². The van der Waals surface area contributed by atoms with Crippen LogP contribution in [0.5, 0.6) is 0 Å². The highest BCUT2D eigenvalue weighted by molar-refractivity contribution is 5.21. The van der Waals surface area contributed by atoms with Crippen molar-refractivity contribution >= 4 is 0 Å². The maximum absolute atomic E-state index is 4.79. The highest BCUT2D eigenvalue weighted by atomic mass is 14.9. The van der Waals surface area contributed by atoms with Crippen LogP contribution in [-0.4, -0.2) is 17.0 Å². The molecule has 4 atom stereocenters. The monoisotopic (exact) mass is 245 g/mol. The molecule has 98 valence electrons. The van der Waals surface area contributed by atoms with Gasteiger partial charge in [0.05, 0.1) is 0 Å². The van der Waals surface area contributed by atoms with Gasteiger partial charge >= 0.3 is 0 Å². The highest BCUT2D eigenvalue weighted by Gasteiger charge is 2.41. The second-order valence-electron chi connectivity index (χ2n) is 6.06. The summed E-state index contributed by atoms with van der Waals surface area (Å²) < 4.78 is 0. The van der Waals surface area contributed by atoms with Crippen LogP contribution in [0.25, 0.3) is 0 Å². The van der Waals surface area contributed by atoms with Crippen molar-refractivity contribution in [2.75, 3.05) is 7.05 Å². The Morgan fingerprint density at radius 2 is 2.17 bits per heavy atom. The maximum atomic E-state index is 4.79. The molecular formula is C15H23N3. The summed E-state index contributed by atoms with van der Waals surface area (Å²) in [6, 6.07) is 0.332. The van der Waals surface area contributed by atoms with E-state index in [4.69, 9.17) is 4.98 Å². The van der Waals surface area contributed by atoms with Gasteiger partial charge in [0.2, 0.25) is 0 Å². The molecule has 2 aliphatic rings. The Labute approximate surface area is 109 Å². The van der Waals surface area contributed by atoms with Crippen LogP contribution in [0.15, 0.2) is 6.20 Å². The lowest BCUT2D eigenvalue weighted by atomic mass is 9.88. The molecule has 2 bridgehead atoms. The minimum atomic E-state index is 0.332. The Balaban J connectivity index is 1.84. The van der Waals surface area contributed by atoms with Crippen molar-refractivity contribution in [3.63, 3.8) is 0 Å². The molecule has 0 radical (unpaired) electrons. The second-order valence-corrected chi connectivity index (χ2v) is 6.06. The van der Waals surface area contributed by atoms with Crippen molar-refractivity contribution in [2.45, 2.75) is 51.5 Å². The van der Waals surface area contributed by atoms with Gasteiger partial charge in [-0.25, -0.2) is 9.97 Å². The Morgan fingerprint density at radius 1 is 1.33 bits per heavy atom. The Morgan fingerprint density at radius 3 is 2.72 bits per heavy atom. The number of hydrogen-bond acceptors (Lipinski definition) is 3. The van der Waals surface area contributed by atoms with E-state index in [-0.39, 0.29) is 0 Å². The Hall–Kier alpha value is -0.960. The van der Waals surface area contributed by atoms with Gasteiger partial charge in [-0.2, -0.15) is 0 Å². The van der Waals surface area contributed by atoms with Crippen LogP contribution in [0.2, 0.25) is 0 Å². The van der Waals surface area contributed by atoms with E-state index >= 15 is 0 Å². The third kappa shape index (κ3) is 1.95. The zero-order valence-electron chi connectivity index (χ0n) is 11.6. The predicted molar refractivity (Wildman–Crippen MR) is 72.4 cm³/mol. The smallest absolute Gasteiger partial charge is 0.131 e. The first-order chi connectivity index (χ1) is 8.69. The van der Waals surface area contributed by atoms with Crippen LogP contribution >= 0.6 is 0 Å². The first kappa shape index (κ1) is 12.1. The fourth-order valence-corrected chi connectivity index (χ4v) is 3.81. The lowest BCUT2D eigenvalue weighted by Gasteiger charge is -2.21. The quantitative estimate of drug-likeness (QED) is 0.889. The molecule has 1 N–H and O–H groups in total.